The van der Waals surface area contributed by atoms with E-state index in [0.717, 1.165) is 12.3 Å². The van der Waals surface area contributed by atoms with E-state index in [1.165, 1.54) is 32.2 Å². The van der Waals surface area contributed by atoms with Gasteiger partial charge in [0.25, 0.3) is 0 Å². The molecular weight excluding hydrogens is 315 g/mol. The zero-order valence-electron chi connectivity index (χ0n) is 12.8. The van der Waals surface area contributed by atoms with E-state index in [-0.39, 0.29) is 23.9 Å². The summed E-state index contributed by atoms with van der Waals surface area (Å²) in [6.45, 7) is 4.92. The standard InChI is InChI=1S/C14H16F3N3O3/c1-9(12-6-5-11(7-18-12)14(15,16)17)20(3)19-10(2)23-8-13(21)22-4/h5-7H,1,8H2,2-4H3/b19-10+. The monoisotopic (exact) mass is 331 g/mol. The third kappa shape index (κ3) is 5.61. The number of hydrazone groups is 1. The maximum atomic E-state index is 12.5. The maximum absolute atomic E-state index is 12.5. The largest absolute Gasteiger partial charge is 0.468 e. The molecule has 1 rings (SSSR count). The molecule has 0 aliphatic carbocycles. The van der Waals surface area contributed by atoms with Crippen molar-refractivity contribution in [3.63, 3.8) is 0 Å². The van der Waals surface area contributed by atoms with E-state index in [9.17, 15) is 18.0 Å². The van der Waals surface area contributed by atoms with Gasteiger partial charge in [0.2, 0.25) is 5.90 Å². The second kappa shape index (κ2) is 7.61. The van der Waals surface area contributed by atoms with Gasteiger partial charge in [-0.05, 0) is 12.1 Å². The number of rotatable bonds is 5. The van der Waals surface area contributed by atoms with Gasteiger partial charge in [0.05, 0.1) is 24.1 Å². The van der Waals surface area contributed by atoms with Crippen LogP contribution in [-0.4, -0.2) is 42.6 Å². The number of ether oxygens (including phenoxy) is 2. The smallest absolute Gasteiger partial charge is 0.417 e. The average Bonchev–Trinajstić information content (AvgIpc) is 2.51. The van der Waals surface area contributed by atoms with Crippen molar-refractivity contribution in [1.82, 2.24) is 9.99 Å². The predicted octanol–water partition coefficient (Wildman–Crippen LogP) is 2.53. The molecule has 0 saturated heterocycles. The van der Waals surface area contributed by atoms with Gasteiger partial charge in [0.1, 0.15) is 0 Å². The van der Waals surface area contributed by atoms with Crippen molar-refractivity contribution < 1.29 is 27.4 Å². The van der Waals surface area contributed by atoms with Gasteiger partial charge in [-0.1, -0.05) is 6.58 Å². The van der Waals surface area contributed by atoms with Gasteiger partial charge < -0.3 is 9.47 Å². The van der Waals surface area contributed by atoms with E-state index in [1.54, 1.807) is 0 Å². The van der Waals surface area contributed by atoms with Crippen LogP contribution < -0.4 is 0 Å². The molecule has 9 heteroatoms. The van der Waals surface area contributed by atoms with Crippen LogP contribution in [0.4, 0.5) is 13.2 Å². The molecule has 0 atom stereocenters. The third-order valence-corrected chi connectivity index (χ3v) is 2.69. The Morgan fingerprint density at radius 1 is 1.43 bits per heavy atom. The summed E-state index contributed by atoms with van der Waals surface area (Å²) in [5.74, 6) is -0.406. The highest BCUT2D eigenvalue weighted by molar-refractivity contribution is 5.78. The molecule has 6 nitrogen and oxygen atoms in total. The topological polar surface area (TPSA) is 64.0 Å². The lowest BCUT2D eigenvalue weighted by Gasteiger charge is -2.17. The highest BCUT2D eigenvalue weighted by Gasteiger charge is 2.30. The number of nitrogens with zero attached hydrogens (tertiary/aromatic N) is 3. The zero-order valence-corrected chi connectivity index (χ0v) is 12.8. The Bertz CT molecular complexity index is 598. The van der Waals surface area contributed by atoms with Crippen LogP contribution in [0.15, 0.2) is 30.0 Å². The van der Waals surface area contributed by atoms with Crippen molar-refractivity contribution in [1.29, 1.82) is 0 Å². The van der Waals surface area contributed by atoms with E-state index >= 15 is 0 Å². The SMILES string of the molecule is C=C(c1ccc(C(F)(F)F)cn1)N(C)/N=C(\C)OCC(=O)OC. The van der Waals surface area contributed by atoms with Crippen LogP contribution in [0.1, 0.15) is 18.2 Å². The van der Waals surface area contributed by atoms with Crippen molar-refractivity contribution >= 4 is 17.6 Å². The molecule has 0 saturated carbocycles. The van der Waals surface area contributed by atoms with E-state index in [4.69, 9.17) is 4.74 Å². The van der Waals surface area contributed by atoms with Crippen molar-refractivity contribution in [2.45, 2.75) is 13.1 Å². The minimum Gasteiger partial charge on any atom is -0.468 e. The molecule has 0 aliphatic heterocycles. The van der Waals surface area contributed by atoms with Gasteiger partial charge in [-0.15, -0.1) is 5.10 Å². The number of halogens is 3. The molecule has 23 heavy (non-hydrogen) atoms. The summed E-state index contributed by atoms with van der Waals surface area (Å²) in [5, 5.41) is 5.27. The summed E-state index contributed by atoms with van der Waals surface area (Å²) in [6, 6.07) is 2.10. The number of pyridine rings is 1. The third-order valence-electron chi connectivity index (χ3n) is 2.69. The minimum absolute atomic E-state index is 0.158. The summed E-state index contributed by atoms with van der Waals surface area (Å²) in [7, 11) is 2.75. The van der Waals surface area contributed by atoms with Crippen molar-refractivity contribution in [2.75, 3.05) is 20.8 Å². The summed E-state index contributed by atoms with van der Waals surface area (Å²) in [4.78, 5) is 14.7. The summed E-state index contributed by atoms with van der Waals surface area (Å²) in [6.07, 6.45) is -3.73. The van der Waals surface area contributed by atoms with Crippen LogP contribution >= 0.6 is 0 Å². The zero-order chi connectivity index (χ0) is 17.6. The Hall–Kier alpha value is -2.58. The minimum atomic E-state index is -4.45. The Balaban J connectivity index is 2.74. The highest BCUT2D eigenvalue weighted by Crippen LogP contribution is 2.29. The maximum Gasteiger partial charge on any atom is 0.417 e. The molecular formula is C14H16F3N3O3. The van der Waals surface area contributed by atoms with Gasteiger partial charge in [-0.3, -0.25) is 9.99 Å². The average molecular weight is 331 g/mol. The molecule has 0 aromatic carbocycles. The molecule has 0 aliphatic rings. The number of alkyl halides is 3. The number of carbonyl (C=O) groups is 1. The van der Waals surface area contributed by atoms with Gasteiger partial charge in [0.15, 0.2) is 6.61 Å². The number of esters is 1. The molecule has 0 bridgehead atoms. The second-order valence-corrected chi connectivity index (χ2v) is 4.38. The molecule has 0 unspecified atom stereocenters. The van der Waals surface area contributed by atoms with Crippen LogP contribution in [-0.2, 0) is 20.4 Å². The normalized spacial score (nSPS) is 11.8. The van der Waals surface area contributed by atoms with Crippen molar-refractivity contribution in [3.8, 4) is 0 Å². The summed E-state index contributed by atoms with van der Waals surface area (Å²) >= 11 is 0. The lowest BCUT2D eigenvalue weighted by atomic mass is 10.2. The van der Waals surface area contributed by atoms with E-state index in [0.29, 0.717) is 0 Å². The van der Waals surface area contributed by atoms with Crippen molar-refractivity contribution in [3.05, 3.63) is 36.2 Å². The highest BCUT2D eigenvalue weighted by atomic mass is 19.4. The number of hydrogen-bond donors (Lipinski definition) is 0. The van der Waals surface area contributed by atoms with E-state index < -0.39 is 17.7 Å². The first-order valence-corrected chi connectivity index (χ1v) is 6.36. The summed E-state index contributed by atoms with van der Waals surface area (Å²) in [5.41, 5.74) is -0.359. The number of aromatic nitrogens is 1. The number of hydrogen-bond acceptors (Lipinski definition) is 6. The van der Waals surface area contributed by atoms with Crippen LogP contribution in [0.3, 0.4) is 0 Å². The van der Waals surface area contributed by atoms with E-state index in [2.05, 4.69) is 21.4 Å². The Labute approximate surface area is 131 Å². The molecule has 0 radical (unpaired) electrons. The van der Waals surface area contributed by atoms with E-state index in [1.807, 2.05) is 0 Å². The lowest BCUT2D eigenvalue weighted by Crippen LogP contribution is -2.17. The second-order valence-electron chi connectivity index (χ2n) is 4.38. The fraction of sp³-hybridized carbons (Fsp3) is 0.357. The van der Waals surface area contributed by atoms with Gasteiger partial charge >= 0.3 is 12.1 Å². The Morgan fingerprint density at radius 3 is 2.57 bits per heavy atom. The molecule has 0 spiro atoms. The van der Waals surface area contributed by atoms with Crippen LogP contribution in [0.5, 0.6) is 0 Å². The molecule has 1 aromatic heterocycles. The van der Waals surface area contributed by atoms with Gasteiger partial charge in [0, 0.05) is 20.2 Å². The van der Waals surface area contributed by atoms with Crippen LogP contribution in [0, 0.1) is 0 Å². The molecule has 1 heterocycles. The molecule has 126 valence electrons. The molecule has 0 amide bonds. The first kappa shape index (κ1) is 18.5. The first-order chi connectivity index (χ1) is 10.6. The quantitative estimate of drug-likeness (QED) is 0.359. The van der Waals surface area contributed by atoms with Crippen LogP contribution in [0.2, 0.25) is 0 Å². The summed E-state index contributed by atoms with van der Waals surface area (Å²) < 4.78 is 46.9. The van der Waals surface area contributed by atoms with Gasteiger partial charge in [-0.25, -0.2) is 4.79 Å². The molecule has 1 aromatic rings. The number of methoxy groups -OCH3 is 1. The van der Waals surface area contributed by atoms with Crippen LogP contribution in [0.25, 0.3) is 5.70 Å². The predicted molar refractivity (Wildman–Crippen MR) is 77.1 cm³/mol. The number of carbonyl (C=O) groups excluding carboxylic acids is 1. The molecule has 0 fully saturated rings. The van der Waals surface area contributed by atoms with Crippen molar-refractivity contribution in [2.24, 2.45) is 5.10 Å². The fourth-order valence-electron chi connectivity index (χ4n) is 1.42. The molecule has 0 N–H and O–H groups in total. The Kier molecular flexibility index (Phi) is 6.11. The lowest BCUT2D eigenvalue weighted by molar-refractivity contribution is -0.143. The first-order valence-electron chi connectivity index (χ1n) is 6.36. The Morgan fingerprint density at radius 2 is 2.09 bits per heavy atom. The fourth-order valence-corrected chi connectivity index (χ4v) is 1.42. The van der Waals surface area contributed by atoms with Gasteiger partial charge in [-0.2, -0.15) is 13.2 Å².